The minimum atomic E-state index is -0.439. The van der Waals surface area contributed by atoms with E-state index in [9.17, 15) is 0 Å². The van der Waals surface area contributed by atoms with Crippen LogP contribution in [-0.4, -0.2) is 13.4 Å². The maximum Gasteiger partial charge on any atom is 0.0557 e. The van der Waals surface area contributed by atoms with E-state index < -0.39 is 8.80 Å². The molecular formula is C19H20NSi. The van der Waals surface area contributed by atoms with Gasteiger partial charge in [0.15, 0.2) is 0 Å². The van der Waals surface area contributed by atoms with Gasteiger partial charge >= 0.3 is 0 Å². The fourth-order valence-corrected chi connectivity index (χ4v) is 5.67. The van der Waals surface area contributed by atoms with E-state index in [1.54, 1.807) is 11.1 Å². The van der Waals surface area contributed by atoms with Gasteiger partial charge in [-0.05, 0) is 30.2 Å². The van der Waals surface area contributed by atoms with Gasteiger partial charge in [-0.2, -0.15) is 0 Å². The van der Waals surface area contributed by atoms with Crippen LogP contribution in [0.2, 0.25) is 13.1 Å². The Morgan fingerprint density at radius 2 is 1.81 bits per heavy atom. The van der Waals surface area contributed by atoms with Crippen molar-refractivity contribution in [3.05, 3.63) is 59.2 Å². The van der Waals surface area contributed by atoms with Gasteiger partial charge in [0, 0.05) is 29.1 Å². The average Bonchev–Trinajstić information content (AvgIpc) is 2.93. The number of hydrogen-bond acceptors (Lipinski definition) is 0. The summed E-state index contributed by atoms with van der Waals surface area (Å²) in [5.74, 6) is 0. The second kappa shape index (κ2) is 4.34. The van der Waals surface area contributed by atoms with Crippen molar-refractivity contribution in [2.24, 2.45) is 7.05 Å². The highest BCUT2D eigenvalue weighted by Crippen LogP contribution is 2.50. The van der Waals surface area contributed by atoms with Crippen LogP contribution in [-0.2, 0) is 7.05 Å². The van der Waals surface area contributed by atoms with Crippen LogP contribution >= 0.6 is 0 Å². The van der Waals surface area contributed by atoms with Crippen LogP contribution in [0, 0.1) is 6.92 Å². The second-order valence-electron chi connectivity index (χ2n) is 6.44. The molecule has 0 spiro atoms. The standard InChI is InChI=1S/C19H20NSi/c1-12-9-10-16-15(11-12)17-18(20(16)2)13-7-5-6-8-14(13)19(17)21(3)4/h5-11,19H,1-4H3. The molecule has 0 saturated carbocycles. The summed E-state index contributed by atoms with van der Waals surface area (Å²) >= 11 is 0. The fraction of sp³-hybridized carbons (Fsp3) is 0.263. The first-order chi connectivity index (χ1) is 10.1. The molecule has 4 rings (SSSR count). The Bertz CT molecular complexity index is 857. The van der Waals surface area contributed by atoms with Crippen LogP contribution in [0.5, 0.6) is 0 Å². The van der Waals surface area contributed by atoms with Crippen LogP contribution in [0.3, 0.4) is 0 Å². The number of hydrogen-bond donors (Lipinski definition) is 0. The lowest BCUT2D eigenvalue weighted by atomic mass is 10.1. The number of rotatable bonds is 1. The van der Waals surface area contributed by atoms with Gasteiger partial charge in [0.2, 0.25) is 0 Å². The van der Waals surface area contributed by atoms with Gasteiger partial charge < -0.3 is 4.57 Å². The minimum absolute atomic E-state index is 0.439. The molecule has 0 aliphatic heterocycles. The second-order valence-corrected chi connectivity index (χ2v) is 9.17. The first kappa shape index (κ1) is 12.9. The Labute approximate surface area is 127 Å². The summed E-state index contributed by atoms with van der Waals surface area (Å²) in [7, 11) is 1.78. The van der Waals surface area contributed by atoms with Crippen molar-refractivity contribution in [2.75, 3.05) is 0 Å². The maximum atomic E-state index is 2.44. The number of aryl methyl sites for hydroxylation is 2. The number of aromatic nitrogens is 1. The number of nitrogens with zero attached hydrogens (tertiary/aromatic N) is 1. The summed E-state index contributed by atoms with van der Waals surface area (Å²) < 4.78 is 2.40. The van der Waals surface area contributed by atoms with Crippen LogP contribution in [0.15, 0.2) is 42.5 Å². The molecule has 1 radical (unpaired) electrons. The van der Waals surface area contributed by atoms with Crippen molar-refractivity contribution in [1.29, 1.82) is 0 Å². The molecule has 1 heterocycles. The molecular weight excluding hydrogens is 270 g/mol. The first-order valence-electron chi connectivity index (χ1n) is 7.58. The van der Waals surface area contributed by atoms with Crippen molar-refractivity contribution < 1.29 is 0 Å². The Morgan fingerprint density at radius 3 is 2.57 bits per heavy atom. The summed E-state index contributed by atoms with van der Waals surface area (Å²) in [6.07, 6.45) is 0. The lowest BCUT2D eigenvalue weighted by molar-refractivity contribution is 0.977. The predicted molar refractivity (Wildman–Crippen MR) is 92.4 cm³/mol. The normalized spacial score (nSPS) is 16.5. The van der Waals surface area contributed by atoms with Gasteiger partial charge in [0.1, 0.15) is 0 Å². The summed E-state index contributed by atoms with van der Waals surface area (Å²) in [4.78, 5) is 0. The van der Waals surface area contributed by atoms with E-state index in [-0.39, 0.29) is 0 Å². The van der Waals surface area contributed by atoms with E-state index in [0.29, 0.717) is 5.54 Å². The van der Waals surface area contributed by atoms with Crippen LogP contribution in [0.1, 0.15) is 22.2 Å². The third-order valence-corrected chi connectivity index (χ3v) is 6.54. The van der Waals surface area contributed by atoms with Crippen molar-refractivity contribution in [2.45, 2.75) is 25.6 Å². The Kier molecular flexibility index (Phi) is 2.67. The average molecular weight is 290 g/mol. The van der Waals surface area contributed by atoms with Crippen molar-refractivity contribution >= 4 is 19.7 Å². The smallest absolute Gasteiger partial charge is 0.0557 e. The molecule has 105 valence electrons. The van der Waals surface area contributed by atoms with Crippen LogP contribution in [0.4, 0.5) is 0 Å². The van der Waals surface area contributed by atoms with E-state index in [0.717, 1.165) is 0 Å². The van der Waals surface area contributed by atoms with E-state index in [1.807, 2.05) is 0 Å². The molecule has 1 aliphatic carbocycles. The molecule has 0 saturated heterocycles. The molecule has 21 heavy (non-hydrogen) atoms. The van der Waals surface area contributed by atoms with Gasteiger partial charge in [-0.3, -0.25) is 0 Å². The highest BCUT2D eigenvalue weighted by atomic mass is 28.3. The molecule has 1 unspecified atom stereocenters. The molecule has 2 heteroatoms. The SMILES string of the molecule is Cc1ccc2c(c1)c1c(n2C)-c2ccccc2C1[Si](C)C. The first-order valence-corrected chi connectivity index (χ1v) is 10.2. The topological polar surface area (TPSA) is 4.93 Å². The molecule has 0 fully saturated rings. The Hall–Kier alpha value is -1.80. The van der Waals surface area contributed by atoms with Crippen LogP contribution in [0.25, 0.3) is 22.2 Å². The maximum absolute atomic E-state index is 2.44. The zero-order valence-electron chi connectivity index (χ0n) is 13.1. The third-order valence-electron chi connectivity index (χ3n) is 4.79. The third kappa shape index (κ3) is 1.63. The van der Waals surface area contributed by atoms with E-state index in [1.165, 1.54) is 27.7 Å². The summed E-state index contributed by atoms with van der Waals surface area (Å²) in [6, 6.07) is 15.9. The predicted octanol–water partition coefficient (Wildman–Crippen LogP) is 4.89. The van der Waals surface area contributed by atoms with Crippen LogP contribution < -0.4 is 0 Å². The molecule has 0 bridgehead atoms. The largest absolute Gasteiger partial charge is 0.343 e. The number of fused-ring (bicyclic) bond motifs is 5. The molecule has 1 atom stereocenters. The van der Waals surface area contributed by atoms with Gasteiger partial charge in [-0.1, -0.05) is 49.0 Å². The van der Waals surface area contributed by atoms with Gasteiger partial charge in [-0.15, -0.1) is 0 Å². The lowest BCUT2D eigenvalue weighted by Crippen LogP contribution is -2.14. The molecule has 1 aliphatic rings. The summed E-state index contributed by atoms with van der Waals surface area (Å²) in [5, 5.41) is 1.46. The van der Waals surface area contributed by atoms with Crippen molar-refractivity contribution in [1.82, 2.24) is 4.57 Å². The van der Waals surface area contributed by atoms with E-state index in [4.69, 9.17) is 0 Å². The minimum Gasteiger partial charge on any atom is -0.343 e. The molecule has 3 aromatic rings. The molecule has 0 N–H and O–H groups in total. The molecule has 1 aromatic heterocycles. The van der Waals surface area contributed by atoms with E-state index >= 15 is 0 Å². The monoisotopic (exact) mass is 290 g/mol. The van der Waals surface area contributed by atoms with E-state index in [2.05, 4.69) is 74.1 Å². The zero-order chi connectivity index (χ0) is 14.7. The quantitative estimate of drug-likeness (QED) is 0.562. The highest BCUT2D eigenvalue weighted by Gasteiger charge is 2.35. The zero-order valence-corrected chi connectivity index (χ0v) is 14.1. The lowest BCUT2D eigenvalue weighted by Gasteiger charge is -2.16. The Morgan fingerprint density at radius 1 is 1.05 bits per heavy atom. The summed E-state index contributed by atoms with van der Waals surface area (Å²) in [6.45, 7) is 7.07. The van der Waals surface area contributed by atoms with Crippen molar-refractivity contribution in [3.63, 3.8) is 0 Å². The number of benzene rings is 2. The summed E-state index contributed by atoms with van der Waals surface area (Å²) in [5.41, 5.74) is 9.35. The van der Waals surface area contributed by atoms with Gasteiger partial charge in [0.05, 0.1) is 14.5 Å². The van der Waals surface area contributed by atoms with Gasteiger partial charge in [-0.25, -0.2) is 0 Å². The van der Waals surface area contributed by atoms with Gasteiger partial charge in [0.25, 0.3) is 0 Å². The molecule has 1 nitrogen and oxygen atoms in total. The highest BCUT2D eigenvalue weighted by molar-refractivity contribution is 6.59. The molecule has 2 aromatic carbocycles. The Balaban J connectivity index is 2.17. The fourth-order valence-electron chi connectivity index (χ4n) is 3.92. The van der Waals surface area contributed by atoms with Crippen molar-refractivity contribution in [3.8, 4) is 11.3 Å². The molecule has 0 amide bonds.